The molecule has 1 aromatic heterocycles. The zero-order chi connectivity index (χ0) is 13.2. The van der Waals surface area contributed by atoms with Crippen LogP contribution < -0.4 is 4.90 Å². The van der Waals surface area contributed by atoms with E-state index in [0.29, 0.717) is 6.04 Å². The molecule has 1 aliphatic rings. The van der Waals surface area contributed by atoms with Crippen molar-refractivity contribution in [3.05, 3.63) is 24.3 Å². The van der Waals surface area contributed by atoms with Gasteiger partial charge in [0.05, 0.1) is 11.0 Å². The first kappa shape index (κ1) is 13.0. The fourth-order valence-corrected chi connectivity index (χ4v) is 3.66. The Morgan fingerprint density at radius 1 is 1.26 bits per heavy atom. The first-order valence-corrected chi connectivity index (χ1v) is 8.17. The van der Waals surface area contributed by atoms with Gasteiger partial charge in [0.15, 0.2) is 0 Å². The summed E-state index contributed by atoms with van der Waals surface area (Å²) >= 11 is 3.67. The Kier molecular flexibility index (Phi) is 3.78. The number of anilines is 1. The van der Waals surface area contributed by atoms with Gasteiger partial charge in [-0.15, -0.1) is 0 Å². The van der Waals surface area contributed by atoms with Crippen LogP contribution in [0.4, 0.5) is 5.95 Å². The molecule has 1 unspecified atom stereocenters. The molecule has 0 aliphatic carbocycles. The Balaban J connectivity index is 2.03. The summed E-state index contributed by atoms with van der Waals surface area (Å²) in [5, 5.41) is 1.02. The van der Waals surface area contributed by atoms with Gasteiger partial charge in [0.1, 0.15) is 0 Å². The molecule has 2 heterocycles. The maximum absolute atomic E-state index is 4.84. The number of benzene rings is 1. The molecule has 1 fully saturated rings. The predicted molar refractivity (Wildman–Crippen MR) is 84.1 cm³/mol. The first-order valence-electron chi connectivity index (χ1n) is 7.05. The average Bonchev–Trinajstić information content (AvgIpc) is 2.64. The van der Waals surface area contributed by atoms with Crippen molar-refractivity contribution in [3.63, 3.8) is 0 Å². The SMILES string of the molecule is Cn1c(N2CCCCCC2CBr)nc2ccccc21. The van der Waals surface area contributed by atoms with Crippen molar-refractivity contribution in [3.8, 4) is 0 Å². The quantitative estimate of drug-likeness (QED) is 0.786. The van der Waals surface area contributed by atoms with Crippen molar-refractivity contribution >= 4 is 32.9 Å². The van der Waals surface area contributed by atoms with Gasteiger partial charge in [-0.25, -0.2) is 4.98 Å². The molecule has 4 heteroatoms. The Bertz CT molecular complexity index is 564. The maximum atomic E-state index is 4.84. The van der Waals surface area contributed by atoms with E-state index in [2.05, 4.69) is 56.7 Å². The fraction of sp³-hybridized carbons (Fsp3) is 0.533. The number of alkyl halides is 1. The standard InChI is InChI=1S/C15H20BrN3/c1-18-14-9-5-4-8-13(14)17-15(18)19-10-6-2-3-7-12(19)11-16/h4-5,8-9,12H,2-3,6-7,10-11H2,1H3. The fourth-order valence-electron chi connectivity index (χ4n) is 2.99. The van der Waals surface area contributed by atoms with Gasteiger partial charge in [0.2, 0.25) is 5.95 Å². The van der Waals surface area contributed by atoms with Crippen LogP contribution in [0.15, 0.2) is 24.3 Å². The molecule has 3 nitrogen and oxygen atoms in total. The lowest BCUT2D eigenvalue weighted by Gasteiger charge is -2.29. The van der Waals surface area contributed by atoms with Crippen LogP contribution in [-0.2, 0) is 7.05 Å². The van der Waals surface area contributed by atoms with E-state index in [1.54, 1.807) is 0 Å². The number of para-hydroxylation sites is 2. The lowest BCUT2D eigenvalue weighted by molar-refractivity contribution is 0.608. The van der Waals surface area contributed by atoms with Crippen molar-refractivity contribution in [2.24, 2.45) is 7.05 Å². The van der Waals surface area contributed by atoms with Gasteiger partial charge >= 0.3 is 0 Å². The number of imidazole rings is 1. The summed E-state index contributed by atoms with van der Waals surface area (Å²) in [5.74, 6) is 1.12. The molecule has 0 bridgehead atoms. The first-order chi connectivity index (χ1) is 9.31. The molecule has 19 heavy (non-hydrogen) atoms. The van der Waals surface area contributed by atoms with Crippen LogP contribution in [-0.4, -0.2) is 27.5 Å². The Labute approximate surface area is 122 Å². The number of aryl methyl sites for hydroxylation is 1. The molecule has 0 radical (unpaired) electrons. The molecule has 102 valence electrons. The Morgan fingerprint density at radius 3 is 2.89 bits per heavy atom. The van der Waals surface area contributed by atoms with Crippen LogP contribution in [0.2, 0.25) is 0 Å². The highest BCUT2D eigenvalue weighted by molar-refractivity contribution is 9.09. The van der Waals surface area contributed by atoms with Gasteiger partial charge in [-0.1, -0.05) is 40.9 Å². The number of rotatable bonds is 2. The van der Waals surface area contributed by atoms with Crippen molar-refractivity contribution in [2.75, 3.05) is 16.8 Å². The molecule has 2 aromatic rings. The van der Waals surface area contributed by atoms with Crippen molar-refractivity contribution in [2.45, 2.75) is 31.7 Å². The largest absolute Gasteiger partial charge is 0.338 e. The third-order valence-electron chi connectivity index (χ3n) is 4.08. The molecule has 1 atom stereocenters. The molecule has 3 rings (SSSR count). The second kappa shape index (κ2) is 5.53. The highest BCUT2D eigenvalue weighted by Gasteiger charge is 2.24. The molecule has 0 saturated carbocycles. The van der Waals surface area contributed by atoms with E-state index in [9.17, 15) is 0 Å². The zero-order valence-corrected chi connectivity index (χ0v) is 12.9. The molecule has 0 amide bonds. The topological polar surface area (TPSA) is 21.1 Å². The Hall–Kier alpha value is -1.03. The van der Waals surface area contributed by atoms with Crippen LogP contribution in [0.1, 0.15) is 25.7 Å². The van der Waals surface area contributed by atoms with E-state index in [0.717, 1.165) is 23.3 Å². The minimum atomic E-state index is 0.568. The summed E-state index contributed by atoms with van der Waals surface area (Å²) < 4.78 is 2.23. The molecular formula is C15H20BrN3. The molecular weight excluding hydrogens is 302 g/mol. The van der Waals surface area contributed by atoms with Crippen LogP contribution >= 0.6 is 15.9 Å². The molecule has 0 N–H and O–H groups in total. The summed E-state index contributed by atoms with van der Waals surface area (Å²) in [4.78, 5) is 7.33. The number of hydrogen-bond acceptors (Lipinski definition) is 2. The third kappa shape index (κ3) is 2.38. The van der Waals surface area contributed by atoms with E-state index in [4.69, 9.17) is 4.98 Å². The van der Waals surface area contributed by atoms with Crippen LogP contribution in [0.25, 0.3) is 11.0 Å². The average molecular weight is 322 g/mol. The summed E-state index contributed by atoms with van der Waals surface area (Å²) in [6.07, 6.45) is 5.20. The van der Waals surface area contributed by atoms with Crippen LogP contribution in [0.3, 0.4) is 0 Å². The van der Waals surface area contributed by atoms with E-state index in [1.807, 2.05) is 0 Å². The molecule has 1 saturated heterocycles. The number of halogens is 1. The normalized spacial score (nSPS) is 20.7. The minimum absolute atomic E-state index is 0.568. The van der Waals surface area contributed by atoms with Gasteiger partial charge in [-0.05, 0) is 25.0 Å². The van der Waals surface area contributed by atoms with Crippen LogP contribution in [0, 0.1) is 0 Å². The summed E-state index contributed by atoms with van der Waals surface area (Å²) in [5.41, 5.74) is 2.31. The summed E-state index contributed by atoms with van der Waals surface area (Å²) in [6, 6.07) is 8.95. The zero-order valence-electron chi connectivity index (χ0n) is 11.3. The lowest BCUT2D eigenvalue weighted by atomic mass is 10.1. The van der Waals surface area contributed by atoms with Crippen molar-refractivity contribution in [1.82, 2.24) is 9.55 Å². The monoisotopic (exact) mass is 321 g/mol. The number of aromatic nitrogens is 2. The molecule has 1 aromatic carbocycles. The Morgan fingerprint density at radius 2 is 2.11 bits per heavy atom. The molecule has 0 spiro atoms. The van der Waals surface area contributed by atoms with Crippen molar-refractivity contribution in [1.29, 1.82) is 0 Å². The van der Waals surface area contributed by atoms with Gasteiger partial charge in [-0.2, -0.15) is 0 Å². The second-order valence-electron chi connectivity index (χ2n) is 5.31. The highest BCUT2D eigenvalue weighted by atomic mass is 79.9. The number of fused-ring (bicyclic) bond motifs is 1. The van der Waals surface area contributed by atoms with Gasteiger partial charge in [0.25, 0.3) is 0 Å². The lowest BCUT2D eigenvalue weighted by Crippen LogP contribution is -2.37. The second-order valence-corrected chi connectivity index (χ2v) is 5.96. The van der Waals surface area contributed by atoms with Gasteiger partial charge in [-0.3, -0.25) is 0 Å². The van der Waals surface area contributed by atoms with E-state index >= 15 is 0 Å². The predicted octanol–water partition coefficient (Wildman–Crippen LogP) is 3.72. The van der Waals surface area contributed by atoms with E-state index < -0.39 is 0 Å². The van der Waals surface area contributed by atoms with E-state index in [-0.39, 0.29) is 0 Å². The maximum Gasteiger partial charge on any atom is 0.206 e. The van der Waals surface area contributed by atoms with Gasteiger partial charge in [0, 0.05) is 25.0 Å². The van der Waals surface area contributed by atoms with E-state index in [1.165, 1.54) is 31.2 Å². The summed E-state index contributed by atoms with van der Waals surface area (Å²) in [7, 11) is 2.13. The smallest absolute Gasteiger partial charge is 0.206 e. The number of hydrogen-bond donors (Lipinski definition) is 0. The highest BCUT2D eigenvalue weighted by Crippen LogP contribution is 2.27. The summed E-state index contributed by atoms with van der Waals surface area (Å²) in [6.45, 7) is 1.12. The third-order valence-corrected chi connectivity index (χ3v) is 4.82. The van der Waals surface area contributed by atoms with Crippen LogP contribution in [0.5, 0.6) is 0 Å². The van der Waals surface area contributed by atoms with Crippen molar-refractivity contribution < 1.29 is 0 Å². The number of nitrogens with zero attached hydrogens (tertiary/aromatic N) is 3. The van der Waals surface area contributed by atoms with Gasteiger partial charge < -0.3 is 9.47 Å². The molecule has 1 aliphatic heterocycles. The minimum Gasteiger partial charge on any atom is -0.338 e.